The molecule has 1 fully saturated rings. The van der Waals surface area contributed by atoms with Gasteiger partial charge in [0.05, 0.1) is 16.6 Å². The van der Waals surface area contributed by atoms with Crippen molar-refractivity contribution in [3.05, 3.63) is 46.6 Å². The van der Waals surface area contributed by atoms with Gasteiger partial charge in [-0.05, 0) is 38.1 Å². The fourth-order valence-electron chi connectivity index (χ4n) is 3.48. The second-order valence-corrected chi connectivity index (χ2v) is 7.88. The maximum Gasteiger partial charge on any atom is 0.159 e. The first-order chi connectivity index (χ1) is 13.1. The molecule has 0 aliphatic carbocycles. The minimum atomic E-state index is 0.00980. The molecule has 0 saturated carbocycles. The minimum absolute atomic E-state index is 0.00980. The van der Waals surface area contributed by atoms with E-state index >= 15 is 0 Å². The molecule has 7 heteroatoms. The Bertz CT molecular complexity index is 1060. The van der Waals surface area contributed by atoms with Crippen molar-refractivity contribution in [3.63, 3.8) is 0 Å². The van der Waals surface area contributed by atoms with Crippen LogP contribution < -0.4 is 9.80 Å². The third-order valence-corrected chi connectivity index (χ3v) is 5.83. The van der Waals surface area contributed by atoms with E-state index in [4.69, 9.17) is 0 Å². The quantitative estimate of drug-likeness (QED) is 0.652. The van der Waals surface area contributed by atoms with Gasteiger partial charge in [-0.2, -0.15) is 5.26 Å². The summed E-state index contributed by atoms with van der Waals surface area (Å²) in [6.07, 6.45) is 1.63. The van der Waals surface area contributed by atoms with E-state index in [1.54, 1.807) is 36.7 Å². The molecule has 27 heavy (non-hydrogen) atoms. The second kappa shape index (κ2) is 6.97. The van der Waals surface area contributed by atoms with Gasteiger partial charge >= 0.3 is 0 Å². The van der Waals surface area contributed by atoms with Crippen LogP contribution >= 0.6 is 11.3 Å². The number of Topliss-reactive ketones (excluding diaryl/α,β-unsaturated/α-hetero) is 1. The molecule has 3 heterocycles. The number of aryl methyl sites for hydroxylation is 1. The summed E-state index contributed by atoms with van der Waals surface area (Å²) < 4.78 is 0. The first-order valence-electron chi connectivity index (χ1n) is 8.83. The van der Waals surface area contributed by atoms with Gasteiger partial charge in [-0.3, -0.25) is 4.79 Å². The Kier molecular flexibility index (Phi) is 4.50. The number of hydrogen-bond acceptors (Lipinski definition) is 7. The fourth-order valence-corrected chi connectivity index (χ4v) is 4.32. The van der Waals surface area contributed by atoms with Crippen LogP contribution in [0.1, 0.15) is 27.7 Å². The Morgan fingerprint density at radius 3 is 2.59 bits per heavy atom. The number of piperazine rings is 1. The molecule has 1 aliphatic rings. The number of aromatic nitrogens is 2. The van der Waals surface area contributed by atoms with Crippen molar-refractivity contribution >= 4 is 38.8 Å². The van der Waals surface area contributed by atoms with E-state index in [1.807, 2.05) is 6.07 Å². The maximum absolute atomic E-state index is 11.7. The highest BCUT2D eigenvalue weighted by Gasteiger charge is 2.22. The molecule has 0 bridgehead atoms. The van der Waals surface area contributed by atoms with E-state index in [2.05, 4.69) is 38.8 Å². The zero-order chi connectivity index (χ0) is 19.0. The Balaban J connectivity index is 1.58. The molecule has 0 unspecified atom stereocenters. The standard InChI is InChI=1S/C20H19N5OS/c1-13-9-17-19(22-12-23-20(17)27-13)25-7-5-24(6-8-25)18-10-15(14(2)26)3-4-16(18)11-21/h3-4,9-10,12H,5-8H2,1-2H3. The summed E-state index contributed by atoms with van der Waals surface area (Å²) in [6, 6.07) is 9.68. The van der Waals surface area contributed by atoms with Crippen LogP contribution in [0.15, 0.2) is 30.6 Å². The second-order valence-electron chi connectivity index (χ2n) is 6.65. The number of fused-ring (bicyclic) bond motifs is 1. The zero-order valence-electron chi connectivity index (χ0n) is 15.3. The first-order valence-corrected chi connectivity index (χ1v) is 9.64. The lowest BCUT2D eigenvalue weighted by molar-refractivity contribution is 0.101. The number of rotatable bonds is 3. The Morgan fingerprint density at radius 1 is 1.15 bits per heavy atom. The average molecular weight is 377 g/mol. The Hall–Kier alpha value is -2.98. The third-order valence-electron chi connectivity index (χ3n) is 4.88. The van der Waals surface area contributed by atoms with Gasteiger partial charge in [0.1, 0.15) is 23.0 Å². The Morgan fingerprint density at radius 2 is 1.89 bits per heavy atom. The first kappa shape index (κ1) is 17.4. The number of ketones is 1. The van der Waals surface area contributed by atoms with E-state index in [0.717, 1.165) is 47.9 Å². The topological polar surface area (TPSA) is 73.1 Å². The lowest BCUT2D eigenvalue weighted by Crippen LogP contribution is -2.47. The summed E-state index contributed by atoms with van der Waals surface area (Å²) in [5.74, 6) is 0.984. The van der Waals surface area contributed by atoms with Crippen LogP contribution in [0.5, 0.6) is 0 Å². The van der Waals surface area contributed by atoms with E-state index < -0.39 is 0 Å². The lowest BCUT2D eigenvalue weighted by atomic mass is 10.1. The largest absolute Gasteiger partial charge is 0.367 e. The SMILES string of the molecule is CC(=O)c1ccc(C#N)c(N2CCN(c3ncnc4sc(C)cc34)CC2)c1. The number of nitriles is 1. The van der Waals surface area contributed by atoms with Gasteiger partial charge in [0, 0.05) is 36.6 Å². The molecular weight excluding hydrogens is 358 g/mol. The molecule has 1 aromatic carbocycles. The minimum Gasteiger partial charge on any atom is -0.367 e. The number of carbonyl (C=O) groups excluding carboxylic acids is 1. The van der Waals surface area contributed by atoms with Crippen molar-refractivity contribution in [1.82, 2.24) is 9.97 Å². The van der Waals surface area contributed by atoms with Crippen LogP contribution in [-0.2, 0) is 0 Å². The number of hydrogen-bond donors (Lipinski definition) is 0. The summed E-state index contributed by atoms with van der Waals surface area (Å²) in [5.41, 5.74) is 2.08. The van der Waals surface area contributed by atoms with Crippen LogP contribution in [-0.4, -0.2) is 41.9 Å². The maximum atomic E-state index is 11.7. The van der Waals surface area contributed by atoms with Crippen molar-refractivity contribution in [3.8, 4) is 6.07 Å². The number of nitrogens with zero attached hydrogens (tertiary/aromatic N) is 5. The van der Waals surface area contributed by atoms with Gasteiger partial charge in [-0.1, -0.05) is 0 Å². The highest BCUT2D eigenvalue weighted by Crippen LogP contribution is 2.31. The van der Waals surface area contributed by atoms with Gasteiger partial charge < -0.3 is 9.80 Å². The average Bonchev–Trinajstić information content (AvgIpc) is 3.07. The third kappa shape index (κ3) is 3.24. The van der Waals surface area contributed by atoms with E-state index in [0.29, 0.717) is 11.1 Å². The van der Waals surface area contributed by atoms with Crippen LogP contribution in [0.25, 0.3) is 10.2 Å². The summed E-state index contributed by atoms with van der Waals surface area (Å²) in [6.45, 7) is 6.77. The molecule has 6 nitrogen and oxygen atoms in total. The molecule has 3 aromatic rings. The lowest BCUT2D eigenvalue weighted by Gasteiger charge is -2.37. The summed E-state index contributed by atoms with van der Waals surface area (Å²) in [7, 11) is 0. The summed E-state index contributed by atoms with van der Waals surface area (Å²) >= 11 is 1.68. The molecule has 136 valence electrons. The van der Waals surface area contributed by atoms with Crippen molar-refractivity contribution in [1.29, 1.82) is 5.26 Å². The van der Waals surface area contributed by atoms with E-state index in [-0.39, 0.29) is 5.78 Å². The molecule has 0 amide bonds. The van der Waals surface area contributed by atoms with Gasteiger partial charge in [0.15, 0.2) is 5.78 Å². The van der Waals surface area contributed by atoms with Gasteiger partial charge in [-0.25, -0.2) is 9.97 Å². The van der Waals surface area contributed by atoms with Crippen molar-refractivity contribution in [2.45, 2.75) is 13.8 Å². The van der Waals surface area contributed by atoms with Crippen molar-refractivity contribution < 1.29 is 4.79 Å². The molecule has 0 N–H and O–H groups in total. The molecule has 4 rings (SSSR count). The molecule has 0 radical (unpaired) electrons. The van der Waals surface area contributed by atoms with E-state index in [1.165, 1.54) is 4.88 Å². The molecule has 0 spiro atoms. The summed E-state index contributed by atoms with van der Waals surface area (Å²) in [5, 5.41) is 10.5. The zero-order valence-corrected chi connectivity index (χ0v) is 16.1. The normalized spacial score (nSPS) is 14.4. The molecule has 2 aromatic heterocycles. The predicted octanol–water partition coefficient (Wildman–Crippen LogP) is 3.40. The number of anilines is 2. The predicted molar refractivity (Wildman–Crippen MR) is 108 cm³/mol. The molecule has 0 atom stereocenters. The molecule has 1 saturated heterocycles. The number of benzene rings is 1. The van der Waals surface area contributed by atoms with E-state index in [9.17, 15) is 10.1 Å². The van der Waals surface area contributed by atoms with Crippen LogP contribution in [0.3, 0.4) is 0 Å². The summed E-state index contributed by atoms with van der Waals surface area (Å²) in [4.78, 5) is 27.3. The number of thiophene rings is 1. The smallest absolute Gasteiger partial charge is 0.159 e. The molecule has 1 aliphatic heterocycles. The van der Waals surface area contributed by atoms with Gasteiger partial charge in [0.2, 0.25) is 0 Å². The fraction of sp³-hybridized carbons (Fsp3) is 0.300. The monoisotopic (exact) mass is 377 g/mol. The van der Waals surface area contributed by atoms with Gasteiger partial charge in [0.25, 0.3) is 0 Å². The van der Waals surface area contributed by atoms with Crippen LogP contribution in [0.4, 0.5) is 11.5 Å². The Labute approximate surface area is 161 Å². The molecular formula is C20H19N5OS. The van der Waals surface area contributed by atoms with Crippen molar-refractivity contribution in [2.75, 3.05) is 36.0 Å². The highest BCUT2D eigenvalue weighted by molar-refractivity contribution is 7.18. The number of carbonyl (C=O) groups is 1. The van der Waals surface area contributed by atoms with Crippen LogP contribution in [0, 0.1) is 18.3 Å². The van der Waals surface area contributed by atoms with Crippen LogP contribution in [0.2, 0.25) is 0 Å². The highest BCUT2D eigenvalue weighted by atomic mass is 32.1. The van der Waals surface area contributed by atoms with Crippen molar-refractivity contribution in [2.24, 2.45) is 0 Å². The van der Waals surface area contributed by atoms with Gasteiger partial charge in [-0.15, -0.1) is 11.3 Å².